The summed E-state index contributed by atoms with van der Waals surface area (Å²) in [5.41, 5.74) is -0.721. The number of nitrogens with one attached hydrogen (secondary N) is 2. The largest absolute Gasteiger partial charge is 0.325 e. The number of hydrogen-bond donors (Lipinski definition) is 2. The van der Waals surface area contributed by atoms with Crippen LogP contribution in [0, 0.1) is 0 Å². The quantitative estimate of drug-likeness (QED) is 0.574. The molecule has 1 saturated heterocycles. The van der Waals surface area contributed by atoms with E-state index < -0.39 is 15.6 Å². The Bertz CT molecular complexity index is 1030. The number of sulfonamides is 1. The van der Waals surface area contributed by atoms with E-state index in [0.29, 0.717) is 19.3 Å². The fourth-order valence-corrected chi connectivity index (χ4v) is 5.17. The monoisotopic (exact) mass is 401 g/mol. The van der Waals surface area contributed by atoms with Crippen LogP contribution in [0.15, 0.2) is 47.4 Å². The number of nitrogens with zero attached hydrogens (tertiary/aromatic N) is 1. The van der Waals surface area contributed by atoms with Crippen LogP contribution in [0.25, 0.3) is 10.8 Å². The fourth-order valence-electron chi connectivity index (χ4n) is 4.06. The molecule has 2 N–H and O–H groups in total. The van der Waals surface area contributed by atoms with Gasteiger partial charge >= 0.3 is 6.03 Å². The maximum atomic E-state index is 12.6. The first-order valence-electron chi connectivity index (χ1n) is 9.54. The summed E-state index contributed by atoms with van der Waals surface area (Å²) < 4.78 is 27.6. The van der Waals surface area contributed by atoms with Crippen molar-refractivity contribution in [3.05, 3.63) is 42.5 Å². The van der Waals surface area contributed by atoms with Crippen molar-refractivity contribution in [1.82, 2.24) is 14.9 Å². The first-order valence-corrected chi connectivity index (χ1v) is 11.0. The lowest BCUT2D eigenvalue weighted by atomic mass is 9.98. The van der Waals surface area contributed by atoms with E-state index in [-0.39, 0.29) is 29.9 Å². The summed E-state index contributed by atoms with van der Waals surface area (Å²) in [6.45, 7) is 0.353. The second-order valence-electron chi connectivity index (χ2n) is 7.44. The standard InChI is InChI=1S/C20H23N3O4S/c24-18-20(10-3-4-11-20)22-19(25)23(18)13-5-12-21-28(26,27)17-9-8-15-6-1-2-7-16(15)14-17/h1-2,6-9,14,21H,3-5,10-13H2,(H,22,25). The molecule has 28 heavy (non-hydrogen) atoms. The van der Waals surface area contributed by atoms with Gasteiger partial charge in [0.25, 0.3) is 5.91 Å². The number of amides is 3. The highest BCUT2D eigenvalue weighted by molar-refractivity contribution is 7.89. The summed E-state index contributed by atoms with van der Waals surface area (Å²) in [6, 6.07) is 12.2. The number of carbonyl (C=O) groups excluding carboxylic acids is 2. The van der Waals surface area contributed by atoms with Gasteiger partial charge in [-0.2, -0.15) is 0 Å². The van der Waals surface area contributed by atoms with Crippen molar-refractivity contribution in [2.45, 2.75) is 42.5 Å². The van der Waals surface area contributed by atoms with Crippen LogP contribution in [0.4, 0.5) is 4.79 Å². The van der Waals surface area contributed by atoms with Crippen molar-refractivity contribution >= 4 is 32.7 Å². The highest BCUT2D eigenvalue weighted by Gasteiger charge is 2.51. The highest BCUT2D eigenvalue weighted by Crippen LogP contribution is 2.35. The van der Waals surface area contributed by atoms with E-state index in [1.807, 2.05) is 24.3 Å². The summed E-state index contributed by atoms with van der Waals surface area (Å²) >= 11 is 0. The fraction of sp³-hybridized carbons (Fsp3) is 0.400. The average Bonchev–Trinajstić information content (AvgIpc) is 3.24. The van der Waals surface area contributed by atoms with Crippen LogP contribution in [0.3, 0.4) is 0 Å². The molecule has 2 aromatic rings. The van der Waals surface area contributed by atoms with Crippen LogP contribution >= 0.6 is 0 Å². The van der Waals surface area contributed by atoms with Gasteiger partial charge in [0, 0.05) is 13.1 Å². The number of carbonyl (C=O) groups is 2. The first kappa shape index (κ1) is 18.9. The van der Waals surface area contributed by atoms with Gasteiger partial charge in [-0.1, -0.05) is 43.2 Å². The molecule has 0 radical (unpaired) electrons. The zero-order valence-corrected chi connectivity index (χ0v) is 16.3. The molecule has 1 saturated carbocycles. The minimum absolute atomic E-state index is 0.152. The zero-order valence-electron chi connectivity index (χ0n) is 15.5. The molecule has 0 bridgehead atoms. The van der Waals surface area contributed by atoms with E-state index in [2.05, 4.69) is 10.0 Å². The van der Waals surface area contributed by atoms with Gasteiger partial charge in [-0.25, -0.2) is 17.9 Å². The number of benzene rings is 2. The lowest BCUT2D eigenvalue weighted by Gasteiger charge is -2.20. The topological polar surface area (TPSA) is 95.6 Å². The molecular formula is C20H23N3O4S. The maximum absolute atomic E-state index is 12.6. The molecule has 1 aliphatic heterocycles. The van der Waals surface area contributed by atoms with Gasteiger partial charge < -0.3 is 5.32 Å². The van der Waals surface area contributed by atoms with E-state index in [9.17, 15) is 18.0 Å². The van der Waals surface area contributed by atoms with Gasteiger partial charge in [0.15, 0.2) is 0 Å². The summed E-state index contributed by atoms with van der Waals surface area (Å²) in [5.74, 6) is -0.174. The number of rotatable bonds is 6. The molecule has 2 aliphatic rings. The van der Waals surface area contributed by atoms with Gasteiger partial charge in [-0.05, 0) is 42.2 Å². The predicted octanol–water partition coefficient (Wildman–Crippen LogP) is 2.37. The van der Waals surface area contributed by atoms with Crippen LogP contribution in [-0.2, 0) is 14.8 Å². The van der Waals surface area contributed by atoms with Gasteiger partial charge in [0.05, 0.1) is 4.90 Å². The third-order valence-corrected chi connectivity index (χ3v) is 7.04. The van der Waals surface area contributed by atoms with E-state index in [0.717, 1.165) is 23.6 Å². The Morgan fingerprint density at radius 2 is 1.75 bits per heavy atom. The molecular weight excluding hydrogens is 378 g/mol. The van der Waals surface area contributed by atoms with Crippen molar-refractivity contribution in [1.29, 1.82) is 0 Å². The molecule has 7 nitrogen and oxygen atoms in total. The third kappa shape index (κ3) is 3.38. The maximum Gasteiger partial charge on any atom is 0.325 e. The van der Waals surface area contributed by atoms with Crippen molar-refractivity contribution in [2.24, 2.45) is 0 Å². The van der Waals surface area contributed by atoms with E-state index in [1.54, 1.807) is 18.2 Å². The minimum Gasteiger partial charge on any atom is -0.323 e. The Kier molecular flexibility index (Phi) is 4.84. The second-order valence-corrected chi connectivity index (χ2v) is 9.20. The molecule has 2 fully saturated rings. The van der Waals surface area contributed by atoms with E-state index in [4.69, 9.17) is 0 Å². The van der Waals surface area contributed by atoms with Crippen LogP contribution in [-0.4, -0.2) is 43.9 Å². The Labute approximate surface area is 164 Å². The van der Waals surface area contributed by atoms with Gasteiger partial charge in [0.1, 0.15) is 5.54 Å². The highest BCUT2D eigenvalue weighted by atomic mass is 32.2. The second kappa shape index (κ2) is 7.18. The minimum atomic E-state index is -3.65. The number of urea groups is 1. The Morgan fingerprint density at radius 1 is 1.04 bits per heavy atom. The van der Waals surface area contributed by atoms with E-state index in [1.165, 1.54) is 4.90 Å². The molecule has 0 atom stereocenters. The Balaban J connectivity index is 1.35. The van der Waals surface area contributed by atoms with Crippen molar-refractivity contribution < 1.29 is 18.0 Å². The zero-order chi connectivity index (χ0) is 19.8. The average molecular weight is 401 g/mol. The van der Waals surface area contributed by atoms with Crippen LogP contribution < -0.4 is 10.0 Å². The molecule has 1 heterocycles. The number of imide groups is 1. The van der Waals surface area contributed by atoms with Gasteiger partial charge in [-0.15, -0.1) is 0 Å². The molecule has 1 aliphatic carbocycles. The molecule has 4 rings (SSSR count). The van der Waals surface area contributed by atoms with Gasteiger partial charge in [-0.3, -0.25) is 9.69 Å². The van der Waals surface area contributed by atoms with Crippen LogP contribution in [0.5, 0.6) is 0 Å². The summed E-state index contributed by atoms with van der Waals surface area (Å²) in [7, 11) is -3.65. The Morgan fingerprint density at radius 3 is 2.50 bits per heavy atom. The SMILES string of the molecule is O=C1NC2(CCCC2)C(=O)N1CCCNS(=O)(=O)c1ccc2ccccc2c1. The Hall–Kier alpha value is -2.45. The molecule has 0 unspecified atom stereocenters. The van der Waals surface area contributed by atoms with Crippen molar-refractivity contribution in [3.63, 3.8) is 0 Å². The van der Waals surface area contributed by atoms with Crippen molar-refractivity contribution in [3.8, 4) is 0 Å². The molecule has 0 aromatic heterocycles. The number of fused-ring (bicyclic) bond motifs is 1. The third-order valence-electron chi connectivity index (χ3n) is 5.58. The molecule has 1 spiro atoms. The number of hydrogen-bond acceptors (Lipinski definition) is 4. The summed E-state index contributed by atoms with van der Waals surface area (Å²) in [5, 5.41) is 4.65. The predicted molar refractivity (Wildman–Crippen MR) is 105 cm³/mol. The summed E-state index contributed by atoms with van der Waals surface area (Å²) in [4.78, 5) is 26.1. The van der Waals surface area contributed by atoms with Crippen LogP contribution in [0.2, 0.25) is 0 Å². The normalized spacial score (nSPS) is 18.9. The lowest BCUT2D eigenvalue weighted by molar-refractivity contribution is -0.131. The smallest absolute Gasteiger partial charge is 0.323 e. The summed E-state index contributed by atoms with van der Waals surface area (Å²) in [6.07, 6.45) is 3.60. The van der Waals surface area contributed by atoms with Gasteiger partial charge in [0.2, 0.25) is 10.0 Å². The lowest BCUT2D eigenvalue weighted by Crippen LogP contribution is -2.44. The first-order chi connectivity index (χ1) is 13.4. The van der Waals surface area contributed by atoms with Crippen molar-refractivity contribution in [2.75, 3.05) is 13.1 Å². The van der Waals surface area contributed by atoms with E-state index >= 15 is 0 Å². The molecule has 8 heteroatoms. The molecule has 148 valence electrons. The van der Waals surface area contributed by atoms with Crippen LogP contribution in [0.1, 0.15) is 32.1 Å². The molecule has 3 amide bonds. The molecule has 2 aromatic carbocycles.